The molecule has 1 amide bonds. The third-order valence-electron chi connectivity index (χ3n) is 3.67. The molecule has 1 atom stereocenters. The van der Waals surface area contributed by atoms with Gasteiger partial charge in [-0.15, -0.1) is 11.3 Å². The number of nitrogens with one attached hydrogen (secondary N) is 1. The van der Waals surface area contributed by atoms with Crippen molar-refractivity contribution in [1.82, 2.24) is 19.9 Å². The van der Waals surface area contributed by atoms with E-state index in [-0.39, 0.29) is 17.6 Å². The van der Waals surface area contributed by atoms with Gasteiger partial charge in [-0.25, -0.2) is 14.8 Å². The Kier molecular flexibility index (Phi) is 3.59. The predicted octanol–water partition coefficient (Wildman–Crippen LogP) is 1.82. The van der Waals surface area contributed by atoms with Gasteiger partial charge in [0.05, 0.1) is 16.7 Å². The fourth-order valence-corrected chi connectivity index (χ4v) is 3.65. The Balaban J connectivity index is 1.92. The lowest BCUT2D eigenvalue weighted by Crippen LogP contribution is -2.31. The predicted molar refractivity (Wildman–Crippen MR) is 79.5 cm³/mol. The van der Waals surface area contributed by atoms with Crippen LogP contribution in [0.2, 0.25) is 0 Å². The second-order valence-corrected chi connectivity index (χ2v) is 6.34. The minimum absolute atomic E-state index is 0.00161. The Morgan fingerprint density at radius 2 is 2.29 bits per heavy atom. The number of amides is 1. The summed E-state index contributed by atoms with van der Waals surface area (Å²) in [6.45, 7) is 4.45. The summed E-state index contributed by atoms with van der Waals surface area (Å²) < 4.78 is 0. The van der Waals surface area contributed by atoms with E-state index < -0.39 is 0 Å². The number of carbonyl (C=O) groups excluding carboxylic acids is 1. The van der Waals surface area contributed by atoms with Crippen molar-refractivity contribution < 1.29 is 4.79 Å². The first-order valence-corrected chi connectivity index (χ1v) is 7.68. The van der Waals surface area contributed by atoms with Crippen molar-refractivity contribution in [2.75, 3.05) is 6.54 Å². The van der Waals surface area contributed by atoms with Gasteiger partial charge in [0.25, 0.3) is 5.91 Å². The van der Waals surface area contributed by atoms with Crippen LogP contribution in [0.15, 0.2) is 17.1 Å². The smallest absolute Gasteiger partial charge is 0.329 e. The maximum atomic E-state index is 12.7. The van der Waals surface area contributed by atoms with E-state index in [1.165, 1.54) is 17.5 Å². The van der Waals surface area contributed by atoms with E-state index in [2.05, 4.69) is 15.0 Å². The van der Waals surface area contributed by atoms with Crippen LogP contribution >= 0.6 is 11.3 Å². The van der Waals surface area contributed by atoms with Crippen molar-refractivity contribution in [3.05, 3.63) is 44.0 Å². The number of nitrogens with zero attached hydrogens (tertiary/aromatic N) is 3. The van der Waals surface area contributed by atoms with Gasteiger partial charge in [-0.3, -0.25) is 4.79 Å². The normalized spacial score (nSPS) is 18.2. The van der Waals surface area contributed by atoms with Crippen LogP contribution in [-0.2, 0) is 0 Å². The van der Waals surface area contributed by atoms with Crippen LogP contribution in [-0.4, -0.2) is 32.3 Å². The first-order chi connectivity index (χ1) is 10.1. The second kappa shape index (κ2) is 5.40. The highest BCUT2D eigenvalue weighted by Gasteiger charge is 2.32. The summed E-state index contributed by atoms with van der Waals surface area (Å²) in [6, 6.07) is 1.68. The van der Waals surface area contributed by atoms with Crippen molar-refractivity contribution >= 4 is 17.2 Å². The summed E-state index contributed by atoms with van der Waals surface area (Å²) >= 11 is 1.42. The molecule has 3 rings (SSSR count). The number of aryl methyl sites for hydroxylation is 2. The summed E-state index contributed by atoms with van der Waals surface area (Å²) in [4.78, 5) is 37.3. The zero-order chi connectivity index (χ0) is 15.0. The largest absolute Gasteiger partial charge is 0.345 e. The van der Waals surface area contributed by atoms with Crippen LogP contribution in [0.4, 0.5) is 0 Å². The Labute approximate surface area is 125 Å². The van der Waals surface area contributed by atoms with E-state index in [0.717, 1.165) is 29.2 Å². The lowest BCUT2D eigenvalue weighted by molar-refractivity contribution is 0.0736. The summed E-state index contributed by atoms with van der Waals surface area (Å²) in [7, 11) is 0. The van der Waals surface area contributed by atoms with Gasteiger partial charge in [0.15, 0.2) is 0 Å². The zero-order valence-corrected chi connectivity index (χ0v) is 12.7. The zero-order valence-electron chi connectivity index (χ0n) is 11.9. The van der Waals surface area contributed by atoms with Crippen LogP contribution in [0.1, 0.15) is 45.0 Å². The Bertz CT molecular complexity index is 737. The van der Waals surface area contributed by atoms with E-state index >= 15 is 0 Å². The third kappa shape index (κ3) is 2.61. The SMILES string of the molecule is Cc1nc(C)c(C(=O)N2CCC[C@H]2c2ccnc(=O)[nH]2)s1. The number of likely N-dealkylation sites (tertiary alicyclic amines) is 1. The molecule has 0 spiro atoms. The number of hydrogen-bond donors (Lipinski definition) is 1. The van der Waals surface area contributed by atoms with E-state index in [9.17, 15) is 9.59 Å². The molecule has 0 unspecified atom stereocenters. The molecule has 0 aliphatic carbocycles. The van der Waals surface area contributed by atoms with Gasteiger partial charge in [0.2, 0.25) is 0 Å². The van der Waals surface area contributed by atoms with Gasteiger partial charge in [-0.1, -0.05) is 0 Å². The standard InChI is InChI=1S/C14H16N4O2S/c1-8-12(21-9(2)16-8)13(19)18-7-3-4-11(18)10-5-6-15-14(20)17-10/h5-6,11H,3-4,7H2,1-2H3,(H,15,17,20)/t11-/m0/s1. The monoisotopic (exact) mass is 304 g/mol. The fourth-order valence-electron chi connectivity index (χ4n) is 2.77. The van der Waals surface area contributed by atoms with Gasteiger partial charge in [0, 0.05) is 18.4 Å². The van der Waals surface area contributed by atoms with E-state index in [1.807, 2.05) is 18.7 Å². The molecule has 1 N–H and O–H groups in total. The Hall–Kier alpha value is -2.02. The number of hydrogen-bond acceptors (Lipinski definition) is 5. The van der Waals surface area contributed by atoms with Gasteiger partial charge in [-0.2, -0.15) is 0 Å². The molecule has 2 aromatic rings. The second-order valence-electron chi connectivity index (χ2n) is 5.13. The summed E-state index contributed by atoms with van der Waals surface area (Å²) in [6.07, 6.45) is 3.26. The molecule has 1 fully saturated rings. The number of rotatable bonds is 2. The summed E-state index contributed by atoms with van der Waals surface area (Å²) in [5.74, 6) is -0.00161. The topological polar surface area (TPSA) is 79.0 Å². The molecule has 1 aliphatic heterocycles. The molecule has 0 bridgehead atoms. The average Bonchev–Trinajstić information content (AvgIpc) is 3.04. The molecule has 1 aliphatic rings. The van der Waals surface area contributed by atoms with Gasteiger partial charge >= 0.3 is 5.69 Å². The quantitative estimate of drug-likeness (QED) is 0.918. The molecule has 1 saturated heterocycles. The van der Waals surface area contributed by atoms with E-state index in [4.69, 9.17) is 0 Å². The minimum atomic E-state index is -0.378. The van der Waals surface area contributed by atoms with Crippen molar-refractivity contribution in [3.8, 4) is 0 Å². The first kappa shape index (κ1) is 13.9. The highest BCUT2D eigenvalue weighted by molar-refractivity contribution is 7.13. The lowest BCUT2D eigenvalue weighted by Gasteiger charge is -2.24. The average molecular weight is 304 g/mol. The molecule has 0 saturated carbocycles. The number of aromatic nitrogens is 3. The molecule has 0 aromatic carbocycles. The number of aromatic amines is 1. The van der Waals surface area contributed by atoms with Crippen LogP contribution < -0.4 is 5.69 Å². The van der Waals surface area contributed by atoms with Crippen LogP contribution in [0.5, 0.6) is 0 Å². The molecule has 110 valence electrons. The van der Waals surface area contributed by atoms with Gasteiger partial charge in [-0.05, 0) is 32.8 Å². The third-order valence-corrected chi connectivity index (χ3v) is 4.73. The highest BCUT2D eigenvalue weighted by Crippen LogP contribution is 2.33. The van der Waals surface area contributed by atoms with Crippen molar-refractivity contribution in [2.45, 2.75) is 32.7 Å². The molecular formula is C14H16N4O2S. The summed E-state index contributed by atoms with van der Waals surface area (Å²) in [5.41, 5.74) is 1.15. The van der Waals surface area contributed by atoms with Crippen LogP contribution in [0.25, 0.3) is 0 Å². The van der Waals surface area contributed by atoms with Crippen molar-refractivity contribution in [3.63, 3.8) is 0 Å². The maximum Gasteiger partial charge on any atom is 0.345 e. The number of H-pyrrole nitrogens is 1. The van der Waals surface area contributed by atoms with Crippen molar-refractivity contribution in [2.24, 2.45) is 0 Å². The molecule has 7 heteroatoms. The molecule has 2 aromatic heterocycles. The van der Waals surface area contributed by atoms with Crippen molar-refractivity contribution in [1.29, 1.82) is 0 Å². The molecule has 3 heterocycles. The van der Waals surface area contributed by atoms with Gasteiger partial charge in [0.1, 0.15) is 4.88 Å². The molecule has 21 heavy (non-hydrogen) atoms. The highest BCUT2D eigenvalue weighted by atomic mass is 32.1. The number of thiazole rings is 1. The van der Waals surface area contributed by atoms with E-state index in [1.54, 1.807) is 6.07 Å². The first-order valence-electron chi connectivity index (χ1n) is 6.86. The van der Waals surface area contributed by atoms with Crippen LogP contribution in [0.3, 0.4) is 0 Å². The van der Waals surface area contributed by atoms with Gasteiger partial charge < -0.3 is 9.88 Å². The number of carbonyl (C=O) groups is 1. The molecule has 0 radical (unpaired) electrons. The Morgan fingerprint density at radius 3 is 2.95 bits per heavy atom. The molecule has 6 nitrogen and oxygen atoms in total. The maximum absolute atomic E-state index is 12.7. The van der Waals surface area contributed by atoms with Crippen LogP contribution in [0, 0.1) is 13.8 Å². The Morgan fingerprint density at radius 1 is 1.48 bits per heavy atom. The minimum Gasteiger partial charge on any atom is -0.329 e. The molecular weight excluding hydrogens is 288 g/mol. The van der Waals surface area contributed by atoms with E-state index in [0.29, 0.717) is 11.4 Å². The lowest BCUT2D eigenvalue weighted by atomic mass is 10.1. The summed E-state index contributed by atoms with van der Waals surface area (Å²) in [5, 5.41) is 0.893. The fraction of sp³-hybridized carbons (Fsp3) is 0.429.